The Morgan fingerprint density at radius 1 is 1.04 bits per heavy atom. The zero-order valence-corrected chi connectivity index (χ0v) is 15.5. The standard InChI is InChI=1S/C19H25N7O/c1-20-18(24-15-17(27)23-14-16-6-3-2-4-7-16)25-10-12-26(13-11-25)19-21-8-5-9-22-19/h2-9H,10-15H2,1H3,(H,20,24)(H,23,27). The predicted octanol–water partition coefficient (Wildman–Crippen LogP) is 0.490. The van der Waals surface area contributed by atoms with Crippen LogP contribution < -0.4 is 15.5 Å². The van der Waals surface area contributed by atoms with Gasteiger partial charge in [0, 0.05) is 52.2 Å². The van der Waals surface area contributed by atoms with Crippen molar-refractivity contribution < 1.29 is 4.79 Å². The Morgan fingerprint density at radius 3 is 2.41 bits per heavy atom. The largest absolute Gasteiger partial charge is 0.350 e. The minimum atomic E-state index is -0.0590. The normalized spacial score (nSPS) is 14.8. The molecule has 3 rings (SSSR count). The van der Waals surface area contributed by atoms with Crippen molar-refractivity contribution in [1.82, 2.24) is 25.5 Å². The summed E-state index contributed by atoms with van der Waals surface area (Å²) in [6.45, 7) is 3.93. The predicted molar refractivity (Wildman–Crippen MR) is 105 cm³/mol. The molecule has 1 saturated heterocycles. The number of rotatable bonds is 5. The van der Waals surface area contributed by atoms with E-state index in [1.807, 2.05) is 36.4 Å². The highest BCUT2D eigenvalue weighted by atomic mass is 16.1. The number of nitrogens with one attached hydrogen (secondary N) is 2. The lowest BCUT2D eigenvalue weighted by molar-refractivity contribution is -0.120. The molecule has 0 aliphatic carbocycles. The van der Waals surface area contributed by atoms with Crippen LogP contribution in [0.2, 0.25) is 0 Å². The van der Waals surface area contributed by atoms with Gasteiger partial charge in [0.25, 0.3) is 0 Å². The Bertz CT molecular complexity index is 743. The molecule has 142 valence electrons. The number of benzene rings is 1. The van der Waals surface area contributed by atoms with Gasteiger partial charge in [0.15, 0.2) is 5.96 Å². The minimum Gasteiger partial charge on any atom is -0.350 e. The second-order valence-electron chi connectivity index (χ2n) is 6.19. The van der Waals surface area contributed by atoms with Gasteiger partial charge in [-0.15, -0.1) is 0 Å². The summed E-state index contributed by atoms with van der Waals surface area (Å²) < 4.78 is 0. The molecule has 0 unspecified atom stereocenters. The maximum atomic E-state index is 12.1. The summed E-state index contributed by atoms with van der Waals surface area (Å²) in [7, 11) is 1.73. The number of aliphatic imine (C=N–C) groups is 1. The lowest BCUT2D eigenvalue weighted by Gasteiger charge is -2.36. The van der Waals surface area contributed by atoms with Gasteiger partial charge in [-0.1, -0.05) is 30.3 Å². The molecule has 1 fully saturated rings. The number of carbonyl (C=O) groups excluding carboxylic acids is 1. The highest BCUT2D eigenvalue weighted by molar-refractivity contribution is 5.86. The molecule has 8 nitrogen and oxygen atoms in total. The van der Waals surface area contributed by atoms with E-state index in [1.165, 1.54) is 0 Å². The van der Waals surface area contributed by atoms with E-state index in [9.17, 15) is 4.79 Å². The molecule has 2 N–H and O–H groups in total. The molecule has 0 saturated carbocycles. The fourth-order valence-electron chi connectivity index (χ4n) is 2.92. The molecule has 0 spiro atoms. The number of piperazine rings is 1. The second-order valence-corrected chi connectivity index (χ2v) is 6.19. The maximum Gasteiger partial charge on any atom is 0.239 e. The molecule has 0 radical (unpaired) electrons. The molecule has 1 aromatic carbocycles. The van der Waals surface area contributed by atoms with Crippen LogP contribution in [0, 0.1) is 0 Å². The van der Waals surface area contributed by atoms with Crippen LogP contribution in [0.4, 0.5) is 5.95 Å². The van der Waals surface area contributed by atoms with Crippen molar-refractivity contribution in [2.24, 2.45) is 4.99 Å². The number of nitrogens with zero attached hydrogens (tertiary/aromatic N) is 5. The first-order valence-corrected chi connectivity index (χ1v) is 9.04. The second kappa shape index (κ2) is 9.51. The van der Waals surface area contributed by atoms with E-state index >= 15 is 0 Å². The van der Waals surface area contributed by atoms with Crippen LogP contribution in [-0.2, 0) is 11.3 Å². The van der Waals surface area contributed by atoms with E-state index in [2.05, 4.69) is 35.4 Å². The van der Waals surface area contributed by atoms with Gasteiger partial charge in [-0.3, -0.25) is 9.79 Å². The van der Waals surface area contributed by atoms with Gasteiger partial charge in [-0.05, 0) is 11.6 Å². The molecular weight excluding hydrogens is 342 g/mol. The number of carbonyl (C=O) groups is 1. The number of hydrogen-bond donors (Lipinski definition) is 2. The van der Waals surface area contributed by atoms with Gasteiger partial charge in [0.2, 0.25) is 11.9 Å². The van der Waals surface area contributed by atoms with Crippen molar-refractivity contribution in [3.8, 4) is 0 Å². The summed E-state index contributed by atoms with van der Waals surface area (Å²) in [6.07, 6.45) is 3.51. The number of guanidine groups is 1. The average molecular weight is 367 g/mol. The van der Waals surface area contributed by atoms with Crippen LogP contribution in [0.5, 0.6) is 0 Å². The summed E-state index contributed by atoms with van der Waals surface area (Å²) in [5.41, 5.74) is 1.08. The summed E-state index contributed by atoms with van der Waals surface area (Å²) >= 11 is 0. The topological polar surface area (TPSA) is 85.8 Å². The van der Waals surface area contributed by atoms with Crippen LogP contribution in [0.1, 0.15) is 5.56 Å². The van der Waals surface area contributed by atoms with E-state index in [1.54, 1.807) is 19.4 Å². The third-order valence-corrected chi connectivity index (χ3v) is 4.37. The van der Waals surface area contributed by atoms with Crippen molar-refractivity contribution in [2.75, 3.05) is 44.7 Å². The molecule has 2 heterocycles. The van der Waals surface area contributed by atoms with Crippen LogP contribution in [0.15, 0.2) is 53.8 Å². The number of aromatic nitrogens is 2. The van der Waals surface area contributed by atoms with Crippen LogP contribution in [0.3, 0.4) is 0 Å². The zero-order valence-electron chi connectivity index (χ0n) is 15.5. The third-order valence-electron chi connectivity index (χ3n) is 4.37. The van der Waals surface area contributed by atoms with Crippen LogP contribution in [-0.4, -0.2) is 66.5 Å². The van der Waals surface area contributed by atoms with E-state index in [0.717, 1.165) is 43.7 Å². The lowest BCUT2D eigenvalue weighted by atomic mass is 10.2. The molecule has 1 amide bonds. The number of anilines is 1. The molecular formula is C19H25N7O. The van der Waals surface area contributed by atoms with Gasteiger partial charge in [-0.25, -0.2) is 9.97 Å². The highest BCUT2D eigenvalue weighted by Crippen LogP contribution is 2.09. The average Bonchev–Trinajstić information content (AvgIpc) is 2.74. The van der Waals surface area contributed by atoms with E-state index in [0.29, 0.717) is 6.54 Å². The Labute approximate surface area is 159 Å². The molecule has 0 atom stereocenters. The Morgan fingerprint density at radius 2 is 1.74 bits per heavy atom. The van der Waals surface area contributed by atoms with E-state index in [-0.39, 0.29) is 12.5 Å². The van der Waals surface area contributed by atoms with Crippen molar-refractivity contribution in [2.45, 2.75) is 6.54 Å². The molecule has 1 aliphatic rings. The lowest BCUT2D eigenvalue weighted by Crippen LogP contribution is -2.54. The summed E-state index contributed by atoms with van der Waals surface area (Å²) in [5.74, 6) is 1.43. The monoisotopic (exact) mass is 367 g/mol. The van der Waals surface area contributed by atoms with Crippen LogP contribution in [0.25, 0.3) is 0 Å². The van der Waals surface area contributed by atoms with Gasteiger partial charge in [-0.2, -0.15) is 0 Å². The first-order valence-electron chi connectivity index (χ1n) is 9.04. The van der Waals surface area contributed by atoms with Crippen LogP contribution >= 0.6 is 0 Å². The van der Waals surface area contributed by atoms with Gasteiger partial charge < -0.3 is 20.4 Å². The summed E-state index contributed by atoms with van der Waals surface area (Å²) in [5, 5.41) is 6.05. The number of amides is 1. The first-order chi connectivity index (χ1) is 13.3. The fraction of sp³-hybridized carbons (Fsp3) is 0.368. The SMILES string of the molecule is CN=C(NCC(=O)NCc1ccccc1)N1CCN(c2ncccn2)CC1. The van der Waals surface area contributed by atoms with Gasteiger partial charge >= 0.3 is 0 Å². The van der Waals surface area contributed by atoms with Gasteiger partial charge in [0.1, 0.15) is 0 Å². The zero-order chi connectivity index (χ0) is 18.9. The molecule has 1 aromatic heterocycles. The van der Waals surface area contributed by atoms with E-state index < -0.39 is 0 Å². The Hall–Kier alpha value is -3.16. The first kappa shape index (κ1) is 18.6. The van der Waals surface area contributed by atoms with Gasteiger partial charge in [0.05, 0.1) is 6.54 Å². The molecule has 8 heteroatoms. The van der Waals surface area contributed by atoms with Crippen molar-refractivity contribution in [3.63, 3.8) is 0 Å². The number of hydrogen-bond acceptors (Lipinski definition) is 5. The fourth-order valence-corrected chi connectivity index (χ4v) is 2.92. The third kappa shape index (κ3) is 5.40. The molecule has 2 aromatic rings. The van der Waals surface area contributed by atoms with E-state index in [4.69, 9.17) is 0 Å². The molecule has 0 bridgehead atoms. The van der Waals surface area contributed by atoms with Crippen molar-refractivity contribution >= 4 is 17.8 Å². The molecule has 27 heavy (non-hydrogen) atoms. The smallest absolute Gasteiger partial charge is 0.239 e. The molecule has 1 aliphatic heterocycles. The highest BCUT2D eigenvalue weighted by Gasteiger charge is 2.21. The Balaban J connectivity index is 1.42. The van der Waals surface area contributed by atoms with Crippen molar-refractivity contribution in [1.29, 1.82) is 0 Å². The quantitative estimate of drug-likeness (QED) is 0.591. The summed E-state index contributed by atoms with van der Waals surface area (Å²) in [4.78, 5) is 29.3. The maximum absolute atomic E-state index is 12.1. The summed E-state index contributed by atoms with van der Waals surface area (Å²) in [6, 6.07) is 11.7. The van der Waals surface area contributed by atoms with Crippen molar-refractivity contribution in [3.05, 3.63) is 54.4 Å². The minimum absolute atomic E-state index is 0.0590. The Kier molecular flexibility index (Phi) is 6.56.